The van der Waals surface area contributed by atoms with E-state index in [2.05, 4.69) is 4.28 Å². The Labute approximate surface area is 86.3 Å². The van der Waals surface area contributed by atoms with Gasteiger partial charge in [0, 0.05) is 0 Å². The van der Waals surface area contributed by atoms with Crippen LogP contribution in [0.15, 0.2) is 0 Å². The molecule has 0 heterocycles. The maximum Gasteiger partial charge on any atom is 0.418 e. The minimum absolute atomic E-state index is 0.391. The first-order chi connectivity index (χ1) is 6.37. The van der Waals surface area contributed by atoms with Gasteiger partial charge in [-0.25, -0.2) is 5.48 Å². The van der Waals surface area contributed by atoms with E-state index in [1.54, 1.807) is 0 Å². The van der Waals surface area contributed by atoms with Crippen LogP contribution in [0, 0.1) is 0 Å². The van der Waals surface area contributed by atoms with Gasteiger partial charge in [-0.3, -0.25) is 9.35 Å². The topological polar surface area (TPSA) is 119 Å². The Bertz CT molecular complexity index is 278. The lowest BCUT2D eigenvalue weighted by atomic mass is 10.2. The molecule has 4 N–H and O–H groups in total. The van der Waals surface area contributed by atoms with Crippen LogP contribution >= 0.6 is 11.8 Å². The lowest BCUT2D eigenvalue weighted by molar-refractivity contribution is -0.129. The van der Waals surface area contributed by atoms with E-state index in [-0.39, 0.29) is 0 Å². The lowest BCUT2D eigenvalue weighted by Gasteiger charge is -2.09. The molecule has 0 radical (unpaired) electrons. The van der Waals surface area contributed by atoms with Crippen molar-refractivity contribution in [3.63, 3.8) is 0 Å². The fourth-order valence-electron chi connectivity index (χ4n) is 0.545. The maximum absolute atomic E-state index is 10.9. The SMILES string of the molecule is CSCC[C@H](N)C(=O)NOS(=O)(=O)O. The molecule has 0 fully saturated rings. The number of carbonyl (C=O) groups is 1. The quantitative estimate of drug-likeness (QED) is 0.401. The van der Waals surface area contributed by atoms with E-state index in [1.807, 2.05) is 6.26 Å². The predicted molar refractivity (Wildman–Crippen MR) is 51.8 cm³/mol. The van der Waals surface area contributed by atoms with E-state index in [1.165, 1.54) is 17.2 Å². The van der Waals surface area contributed by atoms with Crippen LogP contribution in [0.5, 0.6) is 0 Å². The zero-order valence-electron chi connectivity index (χ0n) is 7.47. The first-order valence-electron chi connectivity index (χ1n) is 3.57. The van der Waals surface area contributed by atoms with Gasteiger partial charge in [0.05, 0.1) is 6.04 Å². The van der Waals surface area contributed by atoms with Gasteiger partial charge in [-0.2, -0.15) is 20.2 Å². The van der Waals surface area contributed by atoms with Crippen molar-refractivity contribution in [2.45, 2.75) is 12.5 Å². The minimum Gasteiger partial charge on any atom is -0.320 e. The van der Waals surface area contributed by atoms with Gasteiger partial charge in [0.2, 0.25) is 0 Å². The van der Waals surface area contributed by atoms with Gasteiger partial charge in [-0.1, -0.05) is 0 Å². The molecule has 9 heteroatoms. The highest BCUT2D eigenvalue weighted by atomic mass is 32.3. The normalized spacial score (nSPS) is 13.6. The van der Waals surface area contributed by atoms with Crippen molar-refractivity contribution in [2.24, 2.45) is 5.73 Å². The first-order valence-corrected chi connectivity index (χ1v) is 6.33. The highest BCUT2D eigenvalue weighted by Gasteiger charge is 2.15. The van der Waals surface area contributed by atoms with Crippen molar-refractivity contribution < 1.29 is 22.0 Å². The summed E-state index contributed by atoms with van der Waals surface area (Å²) in [5.74, 6) is -0.128. The second-order valence-corrected chi connectivity index (χ2v) is 4.37. The van der Waals surface area contributed by atoms with E-state index >= 15 is 0 Å². The summed E-state index contributed by atoms with van der Waals surface area (Å²) in [6.07, 6.45) is 2.24. The molecular weight excluding hydrogens is 232 g/mol. The smallest absolute Gasteiger partial charge is 0.320 e. The molecule has 0 rings (SSSR count). The number of rotatable bonds is 6. The van der Waals surface area contributed by atoms with Crippen LogP contribution < -0.4 is 11.2 Å². The number of amides is 1. The number of nitrogens with one attached hydrogen (secondary N) is 1. The van der Waals surface area contributed by atoms with Crippen LogP contribution in [0.3, 0.4) is 0 Å². The molecule has 0 aromatic heterocycles. The first kappa shape index (κ1) is 13.7. The molecule has 0 spiro atoms. The van der Waals surface area contributed by atoms with Crippen LogP contribution in [0.1, 0.15) is 6.42 Å². The van der Waals surface area contributed by atoms with Crippen molar-refractivity contribution >= 4 is 28.1 Å². The Hall–Kier alpha value is -0.350. The van der Waals surface area contributed by atoms with E-state index in [0.717, 1.165) is 0 Å². The summed E-state index contributed by atoms with van der Waals surface area (Å²) in [5.41, 5.74) is 6.87. The molecule has 0 aromatic carbocycles. The van der Waals surface area contributed by atoms with E-state index in [0.29, 0.717) is 12.2 Å². The number of hydrogen-bond acceptors (Lipinski definition) is 6. The van der Waals surface area contributed by atoms with Crippen molar-refractivity contribution in [1.29, 1.82) is 0 Å². The van der Waals surface area contributed by atoms with Crippen molar-refractivity contribution in [3.05, 3.63) is 0 Å². The monoisotopic (exact) mass is 244 g/mol. The zero-order chi connectivity index (χ0) is 11.2. The number of hydrogen-bond donors (Lipinski definition) is 3. The number of nitrogens with two attached hydrogens (primary N) is 1. The Kier molecular flexibility index (Phi) is 6.04. The predicted octanol–water partition coefficient (Wildman–Crippen LogP) is -1.08. The summed E-state index contributed by atoms with van der Waals surface area (Å²) >= 11 is 1.50. The van der Waals surface area contributed by atoms with Gasteiger partial charge >= 0.3 is 10.4 Å². The zero-order valence-corrected chi connectivity index (χ0v) is 9.10. The van der Waals surface area contributed by atoms with Gasteiger partial charge in [-0.15, -0.1) is 4.28 Å². The summed E-state index contributed by atoms with van der Waals surface area (Å²) in [6.45, 7) is 0. The molecule has 0 aliphatic rings. The average Bonchev–Trinajstić information content (AvgIpc) is 2.09. The van der Waals surface area contributed by atoms with E-state index < -0.39 is 22.3 Å². The molecule has 14 heavy (non-hydrogen) atoms. The van der Waals surface area contributed by atoms with E-state index in [4.69, 9.17) is 10.3 Å². The largest absolute Gasteiger partial charge is 0.418 e. The van der Waals surface area contributed by atoms with Crippen molar-refractivity contribution in [3.8, 4) is 0 Å². The van der Waals surface area contributed by atoms with Crippen molar-refractivity contribution in [1.82, 2.24) is 5.48 Å². The van der Waals surface area contributed by atoms with Gasteiger partial charge in [0.15, 0.2) is 0 Å². The van der Waals surface area contributed by atoms with Gasteiger partial charge in [0.25, 0.3) is 5.91 Å². The number of carbonyl (C=O) groups excluding carboxylic acids is 1. The summed E-state index contributed by atoms with van der Waals surface area (Å²) in [5, 5.41) is 0. The highest BCUT2D eigenvalue weighted by Crippen LogP contribution is 1.98. The molecule has 0 aromatic rings. The summed E-state index contributed by atoms with van der Waals surface area (Å²) in [6, 6.07) is -0.857. The van der Waals surface area contributed by atoms with Crippen LogP contribution in [0.4, 0.5) is 0 Å². The Morgan fingerprint density at radius 3 is 2.71 bits per heavy atom. The van der Waals surface area contributed by atoms with Crippen molar-refractivity contribution in [2.75, 3.05) is 12.0 Å². The average molecular weight is 244 g/mol. The lowest BCUT2D eigenvalue weighted by Crippen LogP contribution is -2.41. The Balaban J connectivity index is 3.84. The third-order valence-electron chi connectivity index (χ3n) is 1.22. The van der Waals surface area contributed by atoms with Crippen LogP contribution in [-0.2, 0) is 19.5 Å². The summed E-state index contributed by atoms with van der Waals surface area (Å²) in [7, 11) is -4.67. The molecule has 1 amide bonds. The molecule has 0 unspecified atom stereocenters. The van der Waals surface area contributed by atoms with Crippen LogP contribution in [-0.4, -0.2) is 36.9 Å². The summed E-state index contributed by atoms with van der Waals surface area (Å²) in [4.78, 5) is 10.9. The van der Waals surface area contributed by atoms with E-state index in [9.17, 15) is 13.2 Å². The summed E-state index contributed by atoms with van der Waals surface area (Å²) < 4.78 is 31.8. The molecule has 0 aliphatic heterocycles. The Morgan fingerprint density at radius 1 is 1.71 bits per heavy atom. The second kappa shape index (κ2) is 6.19. The third-order valence-corrected chi connectivity index (χ3v) is 2.16. The standard InChI is InChI=1S/C5H12N2O5S2/c1-13-3-2-4(6)5(8)7-12-14(9,10)11/h4H,2-3,6H2,1H3,(H,7,8)(H,9,10,11)/t4-/m0/s1. The molecule has 0 saturated heterocycles. The Morgan fingerprint density at radius 2 is 2.29 bits per heavy atom. The minimum atomic E-state index is -4.67. The molecular formula is C5H12N2O5S2. The maximum atomic E-state index is 10.9. The molecule has 0 aliphatic carbocycles. The molecule has 0 saturated carbocycles. The second-order valence-electron chi connectivity index (χ2n) is 2.37. The van der Waals surface area contributed by atoms with Gasteiger partial charge < -0.3 is 5.73 Å². The molecule has 0 bridgehead atoms. The fraction of sp³-hybridized carbons (Fsp3) is 0.800. The molecule has 84 valence electrons. The van der Waals surface area contributed by atoms with Crippen LogP contribution in [0.2, 0.25) is 0 Å². The highest BCUT2D eigenvalue weighted by molar-refractivity contribution is 7.98. The van der Waals surface area contributed by atoms with Gasteiger partial charge in [-0.05, 0) is 18.4 Å². The fourth-order valence-corrected chi connectivity index (χ4v) is 1.22. The molecule has 1 atom stereocenters. The molecule has 7 nitrogen and oxygen atoms in total. The third kappa shape index (κ3) is 7.09. The van der Waals surface area contributed by atoms with Crippen LogP contribution in [0.25, 0.3) is 0 Å². The number of hydroxylamine groups is 1. The van der Waals surface area contributed by atoms with Gasteiger partial charge in [0.1, 0.15) is 0 Å². The number of thioether (sulfide) groups is 1.